The summed E-state index contributed by atoms with van der Waals surface area (Å²) in [4.78, 5) is 2.45. The van der Waals surface area contributed by atoms with Crippen LogP contribution in [0.4, 0.5) is 0 Å². The first-order valence-corrected chi connectivity index (χ1v) is 8.47. The second-order valence-electron chi connectivity index (χ2n) is 5.56. The molecule has 0 aromatic carbocycles. The Morgan fingerprint density at radius 2 is 1.94 bits per heavy atom. The van der Waals surface area contributed by atoms with Crippen molar-refractivity contribution in [2.75, 3.05) is 18.6 Å². The van der Waals surface area contributed by atoms with Crippen LogP contribution in [0.3, 0.4) is 0 Å². The number of hydrogen-bond donors (Lipinski definition) is 0. The number of nitrogens with zero attached hydrogens (tertiary/aromatic N) is 1. The molecule has 2 fully saturated rings. The molecule has 0 bridgehead atoms. The summed E-state index contributed by atoms with van der Waals surface area (Å²) in [5.41, 5.74) is 0. The zero-order chi connectivity index (χ0) is 11.8. The second-order valence-corrected chi connectivity index (χ2v) is 7.82. The first-order chi connectivity index (χ1) is 7.47. The molecular formula is C12H23NO2S. The summed E-state index contributed by atoms with van der Waals surface area (Å²) in [6.45, 7) is 2.99. The van der Waals surface area contributed by atoms with Crippen molar-refractivity contribution in [3.63, 3.8) is 0 Å². The van der Waals surface area contributed by atoms with Gasteiger partial charge in [0.2, 0.25) is 0 Å². The molecule has 1 saturated carbocycles. The van der Waals surface area contributed by atoms with Crippen LogP contribution in [0.15, 0.2) is 0 Å². The summed E-state index contributed by atoms with van der Waals surface area (Å²) in [7, 11) is -2.81. The zero-order valence-electron chi connectivity index (χ0n) is 10.4. The summed E-state index contributed by atoms with van der Waals surface area (Å²) < 4.78 is 22.5. The van der Waals surface area contributed by atoms with E-state index >= 15 is 0 Å². The van der Waals surface area contributed by atoms with Crippen molar-refractivity contribution < 1.29 is 8.42 Å². The minimum Gasteiger partial charge on any atom is -0.296 e. The summed E-state index contributed by atoms with van der Waals surface area (Å²) >= 11 is 0. The standard InChI is InChI=1S/C12H23NO2S/c1-10-9-11-5-3-4-6-12(11)13(10)7-8-16(2,14)15/h10-12H,3-9H2,1-2H3. The lowest BCUT2D eigenvalue weighted by atomic mass is 9.85. The lowest BCUT2D eigenvalue weighted by molar-refractivity contribution is 0.165. The van der Waals surface area contributed by atoms with Crippen molar-refractivity contribution in [3.05, 3.63) is 0 Å². The van der Waals surface area contributed by atoms with Gasteiger partial charge in [-0.3, -0.25) is 4.90 Å². The molecule has 2 aliphatic rings. The number of likely N-dealkylation sites (tertiary alicyclic amines) is 1. The van der Waals surface area contributed by atoms with Crippen LogP contribution in [-0.2, 0) is 9.84 Å². The van der Waals surface area contributed by atoms with E-state index in [-0.39, 0.29) is 0 Å². The van der Waals surface area contributed by atoms with Crippen LogP contribution in [0.5, 0.6) is 0 Å². The largest absolute Gasteiger partial charge is 0.296 e. The van der Waals surface area contributed by atoms with Gasteiger partial charge in [0.25, 0.3) is 0 Å². The van der Waals surface area contributed by atoms with Gasteiger partial charge < -0.3 is 0 Å². The second kappa shape index (κ2) is 4.65. The summed E-state index contributed by atoms with van der Waals surface area (Å²) in [6.07, 6.45) is 7.93. The quantitative estimate of drug-likeness (QED) is 0.759. The third kappa shape index (κ3) is 2.77. The van der Waals surface area contributed by atoms with Crippen molar-refractivity contribution in [1.82, 2.24) is 4.90 Å². The number of hydrogen-bond acceptors (Lipinski definition) is 3. The molecule has 0 amide bonds. The molecule has 3 nitrogen and oxygen atoms in total. The van der Waals surface area contributed by atoms with Crippen LogP contribution in [0.1, 0.15) is 39.0 Å². The fraction of sp³-hybridized carbons (Fsp3) is 1.00. The van der Waals surface area contributed by atoms with Crippen molar-refractivity contribution >= 4 is 9.84 Å². The van der Waals surface area contributed by atoms with E-state index in [2.05, 4.69) is 11.8 Å². The molecule has 0 aromatic rings. The predicted octanol–water partition coefficient (Wildman–Crippen LogP) is 1.68. The Bertz CT molecular complexity index is 339. The van der Waals surface area contributed by atoms with Crippen molar-refractivity contribution in [2.45, 2.75) is 51.1 Å². The maximum atomic E-state index is 11.2. The average molecular weight is 245 g/mol. The van der Waals surface area contributed by atoms with Crippen LogP contribution in [0.25, 0.3) is 0 Å². The highest BCUT2D eigenvalue weighted by Crippen LogP contribution is 2.39. The Hall–Kier alpha value is -0.0900. The summed E-state index contributed by atoms with van der Waals surface area (Å²) in [6, 6.07) is 1.25. The third-order valence-electron chi connectivity index (χ3n) is 4.23. The van der Waals surface area contributed by atoms with E-state index in [0.29, 0.717) is 17.8 Å². The number of fused-ring (bicyclic) bond motifs is 1. The lowest BCUT2D eigenvalue weighted by Gasteiger charge is -2.33. The first-order valence-electron chi connectivity index (χ1n) is 6.41. The van der Waals surface area contributed by atoms with Crippen LogP contribution >= 0.6 is 0 Å². The molecule has 0 aromatic heterocycles. The van der Waals surface area contributed by atoms with Gasteiger partial charge in [-0.15, -0.1) is 0 Å². The predicted molar refractivity (Wildman–Crippen MR) is 66.2 cm³/mol. The summed E-state index contributed by atoms with van der Waals surface area (Å²) in [5, 5.41) is 0. The maximum absolute atomic E-state index is 11.2. The Morgan fingerprint density at radius 1 is 1.25 bits per heavy atom. The monoisotopic (exact) mass is 245 g/mol. The van der Waals surface area contributed by atoms with E-state index in [9.17, 15) is 8.42 Å². The van der Waals surface area contributed by atoms with Crippen LogP contribution in [-0.4, -0.2) is 44.0 Å². The van der Waals surface area contributed by atoms with Crippen LogP contribution in [0, 0.1) is 5.92 Å². The number of rotatable bonds is 3. The Morgan fingerprint density at radius 3 is 2.62 bits per heavy atom. The van der Waals surface area contributed by atoms with Gasteiger partial charge in [-0.1, -0.05) is 12.8 Å². The topological polar surface area (TPSA) is 37.4 Å². The van der Waals surface area contributed by atoms with Gasteiger partial charge >= 0.3 is 0 Å². The fourth-order valence-corrected chi connectivity index (χ4v) is 4.00. The minimum absolute atomic E-state index is 0.320. The molecule has 94 valence electrons. The molecule has 3 unspecified atom stereocenters. The Labute approximate surface area is 99.1 Å². The van der Waals surface area contributed by atoms with Crippen molar-refractivity contribution in [2.24, 2.45) is 5.92 Å². The maximum Gasteiger partial charge on any atom is 0.148 e. The molecule has 1 aliphatic carbocycles. The molecule has 1 saturated heterocycles. The van der Waals surface area contributed by atoms with Gasteiger partial charge in [-0.2, -0.15) is 0 Å². The number of sulfone groups is 1. The molecule has 0 N–H and O–H groups in total. The SMILES string of the molecule is CC1CC2CCCCC2N1CCS(C)(=O)=O. The highest BCUT2D eigenvalue weighted by atomic mass is 32.2. The Balaban J connectivity index is 1.97. The van der Waals surface area contributed by atoms with Gasteiger partial charge in [0.05, 0.1) is 5.75 Å². The molecule has 2 rings (SSSR count). The first kappa shape index (κ1) is 12.4. The van der Waals surface area contributed by atoms with E-state index < -0.39 is 9.84 Å². The molecular weight excluding hydrogens is 222 g/mol. The van der Waals surface area contributed by atoms with E-state index in [1.54, 1.807) is 0 Å². The Kier molecular flexibility index (Phi) is 3.59. The molecule has 0 radical (unpaired) electrons. The van der Waals surface area contributed by atoms with Crippen molar-refractivity contribution in [1.29, 1.82) is 0 Å². The van der Waals surface area contributed by atoms with E-state index in [1.165, 1.54) is 38.4 Å². The van der Waals surface area contributed by atoms with Gasteiger partial charge in [0, 0.05) is 24.9 Å². The minimum atomic E-state index is -2.81. The van der Waals surface area contributed by atoms with Gasteiger partial charge in [-0.25, -0.2) is 8.42 Å². The fourth-order valence-electron chi connectivity index (χ4n) is 3.46. The molecule has 1 heterocycles. The van der Waals surface area contributed by atoms with Gasteiger partial charge in [0.1, 0.15) is 9.84 Å². The molecule has 0 spiro atoms. The lowest BCUT2D eigenvalue weighted by Crippen LogP contribution is -2.40. The zero-order valence-corrected chi connectivity index (χ0v) is 11.2. The van der Waals surface area contributed by atoms with Gasteiger partial charge in [-0.05, 0) is 32.1 Å². The normalized spacial score (nSPS) is 36.2. The third-order valence-corrected chi connectivity index (χ3v) is 5.15. The van der Waals surface area contributed by atoms with E-state index in [0.717, 1.165) is 12.5 Å². The molecule has 3 atom stereocenters. The van der Waals surface area contributed by atoms with Crippen LogP contribution in [0.2, 0.25) is 0 Å². The van der Waals surface area contributed by atoms with E-state index in [1.807, 2.05) is 0 Å². The highest BCUT2D eigenvalue weighted by molar-refractivity contribution is 7.90. The van der Waals surface area contributed by atoms with Crippen LogP contribution < -0.4 is 0 Å². The van der Waals surface area contributed by atoms with Crippen molar-refractivity contribution in [3.8, 4) is 0 Å². The van der Waals surface area contributed by atoms with Gasteiger partial charge in [0.15, 0.2) is 0 Å². The average Bonchev–Trinajstić information content (AvgIpc) is 2.49. The molecule has 1 aliphatic heterocycles. The van der Waals surface area contributed by atoms with E-state index in [4.69, 9.17) is 0 Å². The summed E-state index contributed by atoms with van der Waals surface area (Å²) in [5.74, 6) is 1.16. The highest BCUT2D eigenvalue weighted by Gasteiger charge is 2.39. The molecule has 4 heteroatoms. The molecule has 16 heavy (non-hydrogen) atoms. The smallest absolute Gasteiger partial charge is 0.148 e.